The zero-order chi connectivity index (χ0) is 20.2. The fourth-order valence-electron chi connectivity index (χ4n) is 3.29. The lowest BCUT2D eigenvalue weighted by atomic mass is 10.2. The number of rotatable bonds is 5. The lowest BCUT2D eigenvalue weighted by Gasteiger charge is -2.22. The Hall–Kier alpha value is -3.67. The number of para-hydroxylation sites is 2. The van der Waals surface area contributed by atoms with Crippen molar-refractivity contribution in [1.29, 1.82) is 0 Å². The Morgan fingerprint density at radius 3 is 2.59 bits per heavy atom. The molecule has 29 heavy (non-hydrogen) atoms. The van der Waals surface area contributed by atoms with Crippen molar-refractivity contribution in [3.63, 3.8) is 0 Å². The molecule has 2 aromatic carbocycles. The fraction of sp³-hybridized carbons (Fsp3) is 0.174. The predicted octanol–water partition coefficient (Wildman–Crippen LogP) is 4.01. The summed E-state index contributed by atoms with van der Waals surface area (Å²) in [5, 5.41) is 0. The van der Waals surface area contributed by atoms with Gasteiger partial charge in [0.2, 0.25) is 5.88 Å². The molecule has 1 atom stereocenters. The molecule has 0 saturated heterocycles. The van der Waals surface area contributed by atoms with E-state index in [4.69, 9.17) is 9.47 Å². The molecule has 6 nitrogen and oxygen atoms in total. The van der Waals surface area contributed by atoms with Gasteiger partial charge in [0.25, 0.3) is 5.91 Å². The first-order valence-corrected chi connectivity index (χ1v) is 9.41. The number of amides is 1. The van der Waals surface area contributed by atoms with E-state index in [2.05, 4.69) is 4.98 Å². The van der Waals surface area contributed by atoms with E-state index in [0.717, 1.165) is 17.7 Å². The molecule has 1 aromatic heterocycles. The van der Waals surface area contributed by atoms with Crippen LogP contribution in [0.15, 0.2) is 72.9 Å². The molecule has 3 aromatic rings. The summed E-state index contributed by atoms with van der Waals surface area (Å²) in [4.78, 5) is 31.4. The molecule has 0 radical (unpaired) electrons. The minimum absolute atomic E-state index is 0.134. The highest BCUT2D eigenvalue weighted by Gasteiger charge is 2.30. The van der Waals surface area contributed by atoms with Crippen molar-refractivity contribution in [2.24, 2.45) is 0 Å². The van der Waals surface area contributed by atoms with E-state index < -0.39 is 12.1 Å². The lowest BCUT2D eigenvalue weighted by molar-refractivity contribution is -0.126. The van der Waals surface area contributed by atoms with Crippen LogP contribution < -0.4 is 9.64 Å². The maximum Gasteiger partial charge on any atom is 0.344 e. The molecule has 6 heteroatoms. The van der Waals surface area contributed by atoms with Crippen LogP contribution in [-0.2, 0) is 16.0 Å². The fourth-order valence-corrected chi connectivity index (χ4v) is 3.29. The van der Waals surface area contributed by atoms with Gasteiger partial charge in [0.15, 0.2) is 6.10 Å². The standard InChI is InChI=1S/C23H20N2O4/c1-16(22(26)25-15-13-17-8-5-6-12-20(17)25)28-23(27)19-11-7-14-24-21(19)29-18-9-3-2-4-10-18/h2-12,14,16H,13,15H2,1H3/t16-/m1/s1. The Balaban J connectivity index is 1.48. The second kappa shape index (κ2) is 8.14. The van der Waals surface area contributed by atoms with Crippen LogP contribution >= 0.6 is 0 Å². The van der Waals surface area contributed by atoms with Crippen LogP contribution in [0.5, 0.6) is 11.6 Å². The molecule has 4 rings (SSSR count). The summed E-state index contributed by atoms with van der Waals surface area (Å²) in [6.07, 6.45) is 1.39. The average Bonchev–Trinajstić information content (AvgIpc) is 3.18. The van der Waals surface area contributed by atoms with Crippen LogP contribution in [0.3, 0.4) is 0 Å². The third-order valence-corrected chi connectivity index (χ3v) is 4.73. The van der Waals surface area contributed by atoms with E-state index in [1.807, 2.05) is 42.5 Å². The molecular formula is C23H20N2O4. The lowest BCUT2D eigenvalue weighted by Crippen LogP contribution is -2.39. The first kappa shape index (κ1) is 18.7. The van der Waals surface area contributed by atoms with Gasteiger partial charge < -0.3 is 14.4 Å². The van der Waals surface area contributed by atoms with Crippen LogP contribution in [0.2, 0.25) is 0 Å². The van der Waals surface area contributed by atoms with Crippen molar-refractivity contribution >= 4 is 17.6 Å². The van der Waals surface area contributed by atoms with Gasteiger partial charge in [-0.05, 0) is 49.2 Å². The third-order valence-electron chi connectivity index (χ3n) is 4.73. The predicted molar refractivity (Wildman–Crippen MR) is 108 cm³/mol. The van der Waals surface area contributed by atoms with E-state index in [0.29, 0.717) is 12.3 Å². The number of pyridine rings is 1. The summed E-state index contributed by atoms with van der Waals surface area (Å²) in [5.41, 5.74) is 2.15. The topological polar surface area (TPSA) is 68.7 Å². The number of nitrogens with zero attached hydrogens (tertiary/aromatic N) is 2. The maximum atomic E-state index is 12.9. The smallest absolute Gasteiger partial charge is 0.344 e. The molecule has 1 amide bonds. The van der Waals surface area contributed by atoms with Crippen LogP contribution in [-0.4, -0.2) is 29.5 Å². The first-order valence-electron chi connectivity index (χ1n) is 9.41. The third kappa shape index (κ3) is 3.96. The minimum Gasteiger partial charge on any atom is -0.449 e. The molecule has 0 saturated carbocycles. The number of aromatic nitrogens is 1. The van der Waals surface area contributed by atoms with Gasteiger partial charge in [-0.1, -0.05) is 36.4 Å². The number of ether oxygens (including phenoxy) is 2. The summed E-state index contributed by atoms with van der Waals surface area (Å²) in [7, 11) is 0. The molecule has 0 fully saturated rings. The van der Waals surface area contributed by atoms with Gasteiger partial charge in [-0.15, -0.1) is 0 Å². The molecule has 0 N–H and O–H groups in total. The molecular weight excluding hydrogens is 368 g/mol. The quantitative estimate of drug-likeness (QED) is 0.618. The van der Waals surface area contributed by atoms with E-state index in [9.17, 15) is 9.59 Å². The van der Waals surface area contributed by atoms with Crippen molar-refractivity contribution in [3.05, 3.63) is 84.1 Å². The van der Waals surface area contributed by atoms with Crippen molar-refractivity contribution in [3.8, 4) is 11.6 Å². The van der Waals surface area contributed by atoms with Gasteiger partial charge >= 0.3 is 5.97 Å². The molecule has 146 valence electrons. The molecule has 0 aliphatic carbocycles. The number of anilines is 1. The minimum atomic E-state index is -0.932. The number of benzene rings is 2. The van der Waals surface area contributed by atoms with Gasteiger partial charge in [-0.25, -0.2) is 9.78 Å². The van der Waals surface area contributed by atoms with E-state index in [-0.39, 0.29) is 17.4 Å². The van der Waals surface area contributed by atoms with Crippen molar-refractivity contribution in [2.45, 2.75) is 19.4 Å². The normalized spacial score (nSPS) is 13.5. The van der Waals surface area contributed by atoms with Gasteiger partial charge in [-0.3, -0.25) is 4.79 Å². The summed E-state index contributed by atoms with van der Waals surface area (Å²) in [6, 6.07) is 20.0. The second-order valence-corrected chi connectivity index (χ2v) is 6.69. The van der Waals surface area contributed by atoms with Crippen molar-refractivity contribution in [1.82, 2.24) is 4.98 Å². The summed E-state index contributed by atoms with van der Waals surface area (Å²) >= 11 is 0. The summed E-state index contributed by atoms with van der Waals surface area (Å²) < 4.78 is 11.2. The Morgan fingerprint density at radius 1 is 1.00 bits per heavy atom. The Bertz CT molecular complexity index is 1040. The summed E-state index contributed by atoms with van der Waals surface area (Å²) in [6.45, 7) is 2.16. The van der Waals surface area contributed by atoms with Gasteiger partial charge in [-0.2, -0.15) is 0 Å². The number of esters is 1. The van der Waals surface area contributed by atoms with E-state index in [1.165, 1.54) is 6.20 Å². The van der Waals surface area contributed by atoms with Gasteiger partial charge in [0.05, 0.1) is 0 Å². The maximum absolute atomic E-state index is 12.9. The van der Waals surface area contributed by atoms with Gasteiger partial charge in [0, 0.05) is 18.4 Å². The number of carbonyl (C=O) groups excluding carboxylic acids is 2. The number of hydrogen-bond acceptors (Lipinski definition) is 5. The van der Waals surface area contributed by atoms with Crippen molar-refractivity contribution < 1.29 is 19.1 Å². The zero-order valence-corrected chi connectivity index (χ0v) is 15.9. The molecule has 2 heterocycles. The Morgan fingerprint density at radius 2 is 1.76 bits per heavy atom. The van der Waals surface area contributed by atoms with Crippen LogP contribution in [0, 0.1) is 0 Å². The first-order chi connectivity index (χ1) is 14.1. The molecule has 0 spiro atoms. The average molecular weight is 388 g/mol. The SMILES string of the molecule is C[C@@H](OC(=O)c1cccnc1Oc1ccccc1)C(=O)N1CCc2ccccc21. The number of carbonyl (C=O) groups is 2. The Labute approximate surface area is 168 Å². The zero-order valence-electron chi connectivity index (χ0n) is 15.9. The molecule has 0 unspecified atom stereocenters. The summed E-state index contributed by atoms with van der Waals surface area (Å²) in [5.74, 6) is -0.219. The van der Waals surface area contributed by atoms with Gasteiger partial charge in [0.1, 0.15) is 11.3 Å². The van der Waals surface area contributed by atoms with Crippen molar-refractivity contribution in [2.75, 3.05) is 11.4 Å². The highest BCUT2D eigenvalue weighted by atomic mass is 16.6. The largest absolute Gasteiger partial charge is 0.449 e. The highest BCUT2D eigenvalue weighted by molar-refractivity contribution is 6.00. The second-order valence-electron chi connectivity index (χ2n) is 6.69. The number of fused-ring (bicyclic) bond motifs is 1. The molecule has 0 bridgehead atoms. The van der Waals surface area contributed by atoms with Crippen LogP contribution in [0.25, 0.3) is 0 Å². The molecule has 1 aliphatic heterocycles. The number of hydrogen-bond donors (Lipinski definition) is 0. The highest BCUT2D eigenvalue weighted by Crippen LogP contribution is 2.29. The molecule has 1 aliphatic rings. The Kier molecular flexibility index (Phi) is 5.24. The monoisotopic (exact) mass is 388 g/mol. The van der Waals surface area contributed by atoms with Crippen LogP contribution in [0.4, 0.5) is 5.69 Å². The van der Waals surface area contributed by atoms with Crippen LogP contribution in [0.1, 0.15) is 22.8 Å². The van der Waals surface area contributed by atoms with E-state index >= 15 is 0 Å². The van der Waals surface area contributed by atoms with E-state index in [1.54, 1.807) is 36.1 Å².